The molecule has 0 bridgehead atoms. The molecular formula is C61H74FN13O14S. The van der Waals surface area contributed by atoms with Crippen LogP contribution in [0.25, 0.3) is 5.65 Å². The molecule has 29 heteroatoms. The molecule has 3 aromatic carbocycles. The summed E-state index contributed by atoms with van der Waals surface area (Å²) in [7, 11) is 0. The lowest BCUT2D eigenvalue weighted by molar-refractivity contribution is -0.198. The molecular weight excluding hydrogens is 1190 g/mol. The van der Waals surface area contributed by atoms with Gasteiger partial charge in [-0.3, -0.25) is 33.6 Å². The minimum atomic E-state index is -1.11. The highest BCUT2D eigenvalue weighted by molar-refractivity contribution is 7.99. The minimum Gasteiger partial charge on any atom is -0.445 e. The highest BCUT2D eigenvalue weighted by atomic mass is 32.2. The molecule has 4 heterocycles. The number of piperidine rings is 1. The summed E-state index contributed by atoms with van der Waals surface area (Å²) in [6, 6.07) is 16.8. The van der Waals surface area contributed by atoms with Gasteiger partial charge in [-0.2, -0.15) is 14.0 Å². The molecule has 5 aromatic rings. The van der Waals surface area contributed by atoms with Gasteiger partial charge in [0.2, 0.25) is 23.6 Å². The molecule has 0 saturated carbocycles. The molecule has 2 aliphatic rings. The van der Waals surface area contributed by atoms with Gasteiger partial charge in [-0.15, -0.1) is 5.06 Å². The summed E-state index contributed by atoms with van der Waals surface area (Å²) in [5, 5.41) is 24.3. The molecule has 90 heavy (non-hydrogen) atoms. The normalized spacial score (nSPS) is 14.0. The maximum absolute atomic E-state index is 16.8. The second-order valence-corrected chi connectivity index (χ2v) is 22.9. The minimum absolute atomic E-state index is 0.0167. The molecule has 2 aromatic heterocycles. The van der Waals surface area contributed by atoms with E-state index in [-0.39, 0.29) is 106 Å². The van der Waals surface area contributed by atoms with Crippen LogP contribution in [0.3, 0.4) is 0 Å². The van der Waals surface area contributed by atoms with Crippen LogP contribution in [0.15, 0.2) is 96.7 Å². The van der Waals surface area contributed by atoms with Gasteiger partial charge in [-0.1, -0.05) is 64.2 Å². The molecule has 0 unspecified atom stereocenters. The van der Waals surface area contributed by atoms with Gasteiger partial charge in [0, 0.05) is 78.0 Å². The number of anilines is 5. The zero-order valence-corrected chi connectivity index (χ0v) is 51.1. The Morgan fingerprint density at radius 3 is 2.11 bits per heavy atom. The molecule has 2 aliphatic heterocycles. The number of likely N-dealkylation sites (tertiary alicyclic amines) is 1. The number of nitrogens with two attached hydrogens (primary N) is 1. The summed E-state index contributed by atoms with van der Waals surface area (Å²) in [5.74, 6) is -5.43. The van der Waals surface area contributed by atoms with Gasteiger partial charge < -0.3 is 66.9 Å². The van der Waals surface area contributed by atoms with E-state index in [1.165, 1.54) is 16.3 Å². The monoisotopic (exact) mass is 1260 g/mol. The number of hydrogen-bond donors (Lipinski definition) is 8. The predicted octanol–water partition coefficient (Wildman–Crippen LogP) is 6.44. The highest BCUT2D eigenvalue weighted by Gasteiger charge is 2.34. The number of urea groups is 1. The van der Waals surface area contributed by atoms with Gasteiger partial charge in [-0.05, 0) is 104 Å². The van der Waals surface area contributed by atoms with E-state index in [0.717, 1.165) is 11.6 Å². The van der Waals surface area contributed by atoms with Gasteiger partial charge in [0.15, 0.2) is 17.3 Å². The number of fused-ring (bicyclic) bond motifs is 1. The van der Waals surface area contributed by atoms with Crippen molar-refractivity contribution >= 4 is 105 Å². The summed E-state index contributed by atoms with van der Waals surface area (Å²) in [6.07, 6.45) is 3.28. The van der Waals surface area contributed by atoms with Crippen molar-refractivity contribution in [2.45, 2.75) is 114 Å². The number of hydroxylamine groups is 2. The van der Waals surface area contributed by atoms with Crippen LogP contribution in [-0.2, 0) is 59.2 Å². The van der Waals surface area contributed by atoms with E-state index in [1.54, 1.807) is 97.7 Å². The van der Waals surface area contributed by atoms with E-state index in [2.05, 4.69) is 48.9 Å². The van der Waals surface area contributed by atoms with Crippen LogP contribution < -0.4 is 43.0 Å². The number of carbonyl (C=O) groups is 10. The lowest BCUT2D eigenvalue weighted by atomic mass is 10.0. The maximum atomic E-state index is 16.8. The third kappa shape index (κ3) is 20.0. The van der Waals surface area contributed by atoms with Crippen LogP contribution in [0, 0.1) is 11.7 Å². The number of aromatic nitrogens is 3. The fraction of sp³-hybridized carbons (Fsp3) is 0.410. The van der Waals surface area contributed by atoms with Crippen molar-refractivity contribution in [3.63, 3.8) is 0 Å². The zero-order chi connectivity index (χ0) is 64.9. The molecule has 0 radical (unpaired) electrons. The van der Waals surface area contributed by atoms with Crippen LogP contribution in [0.5, 0.6) is 0 Å². The van der Waals surface area contributed by atoms with E-state index in [4.69, 9.17) is 29.8 Å². The first-order valence-corrected chi connectivity index (χ1v) is 30.2. The van der Waals surface area contributed by atoms with Crippen molar-refractivity contribution in [3.8, 4) is 0 Å². The SMILES string of the molecule is C=CC(=O)Nc1ccc(C(=O)Nc2cccc(Nc3c(F)c(SC4CCN(C(=O)OCc5ccc(NC(=O)[C@H](CCCNC(N)=O)NC(=O)[C@@H](NC(=O)CCOCCOCCC(=O)ON6C(=O)CCC6=O)C(C)C)cc5)CC4)nc4c(C(C)C)cnn34)c2)cc1. The first-order chi connectivity index (χ1) is 43.1. The van der Waals surface area contributed by atoms with Crippen molar-refractivity contribution in [3.05, 3.63) is 114 Å². The molecule has 2 fully saturated rings. The largest absolute Gasteiger partial charge is 0.445 e. The van der Waals surface area contributed by atoms with Crippen LogP contribution in [0.4, 0.5) is 42.5 Å². The topological polar surface area (TPSA) is 355 Å². The summed E-state index contributed by atoms with van der Waals surface area (Å²) >= 11 is 1.28. The summed E-state index contributed by atoms with van der Waals surface area (Å²) in [5.41, 5.74) is 9.25. The standard InChI is InChI=1S/C61H74FN13O14S/c1-6-47(76)66-40-18-14-39(15-19-40)56(81)69-43-10-7-9-42(33-43)67-55-52(62)59(72-54-45(36(2)3)34-65-74(54)55)90-44-22-27-73(28-23-44)61(85)88-35-38-12-16-41(17-13-38)68-57(82)46(11-8-26-64-60(63)84)70-58(83)53(37(4)5)71-48(77)24-29-86-31-32-87-30-25-51(80)89-75-49(78)20-21-50(75)79/h6-7,9-10,12-19,33-34,36-37,44,46,53,67H,1,8,11,20-32,35H2,2-5H3,(H,66,76)(H,68,82)(H,69,81)(H,70,83)(H,71,77)(H3,63,64,84)/t46-,53-/m0/s1. The maximum Gasteiger partial charge on any atom is 0.410 e. The van der Waals surface area contributed by atoms with E-state index in [1.807, 2.05) is 13.8 Å². The number of amides is 10. The Hall–Kier alpha value is -9.48. The third-order valence-electron chi connectivity index (χ3n) is 14.1. The average molecular weight is 1260 g/mol. The number of nitrogens with one attached hydrogen (secondary N) is 7. The van der Waals surface area contributed by atoms with E-state index in [9.17, 15) is 47.9 Å². The van der Waals surface area contributed by atoms with E-state index >= 15 is 4.39 Å². The number of nitrogens with zero attached hydrogens (tertiary/aromatic N) is 5. The van der Waals surface area contributed by atoms with Gasteiger partial charge >= 0.3 is 18.1 Å². The zero-order valence-electron chi connectivity index (χ0n) is 50.3. The second-order valence-electron chi connectivity index (χ2n) is 21.6. The van der Waals surface area contributed by atoms with E-state index < -0.39 is 77.4 Å². The molecule has 2 saturated heterocycles. The van der Waals surface area contributed by atoms with Crippen molar-refractivity contribution in [2.24, 2.45) is 11.7 Å². The number of hydrogen-bond acceptors (Lipinski definition) is 18. The molecule has 27 nitrogen and oxygen atoms in total. The Labute approximate surface area is 522 Å². The van der Waals surface area contributed by atoms with Crippen LogP contribution in [0.2, 0.25) is 0 Å². The van der Waals surface area contributed by atoms with Crippen LogP contribution in [0.1, 0.15) is 106 Å². The molecule has 2 atom stereocenters. The van der Waals surface area contributed by atoms with Crippen LogP contribution in [-0.4, -0.2) is 147 Å². The summed E-state index contributed by atoms with van der Waals surface area (Å²) in [6.45, 7) is 11.6. The second kappa shape index (κ2) is 33.2. The third-order valence-corrected chi connectivity index (χ3v) is 15.4. The number of ether oxygens (including phenoxy) is 3. The molecule has 480 valence electrons. The Bertz CT molecular complexity index is 3400. The summed E-state index contributed by atoms with van der Waals surface area (Å²) in [4.78, 5) is 136. The lowest BCUT2D eigenvalue weighted by Crippen LogP contribution is -2.54. The Balaban J connectivity index is 0.862. The van der Waals surface area contributed by atoms with Gasteiger partial charge in [0.05, 0.1) is 39.0 Å². The number of rotatable bonds is 31. The summed E-state index contributed by atoms with van der Waals surface area (Å²) < 4.78 is 34.7. The lowest BCUT2D eigenvalue weighted by Gasteiger charge is -2.31. The first kappa shape index (κ1) is 68.0. The molecule has 9 N–H and O–H groups in total. The van der Waals surface area contributed by atoms with Crippen molar-refractivity contribution < 1.29 is 71.4 Å². The van der Waals surface area contributed by atoms with Crippen LogP contribution >= 0.6 is 11.8 Å². The van der Waals surface area contributed by atoms with Gasteiger partial charge in [-0.25, -0.2) is 19.4 Å². The number of halogens is 1. The number of carbonyl (C=O) groups excluding carboxylic acids is 10. The fourth-order valence-corrected chi connectivity index (χ4v) is 10.3. The predicted molar refractivity (Wildman–Crippen MR) is 329 cm³/mol. The average Bonchev–Trinajstić information content (AvgIpc) is 1.60. The van der Waals surface area contributed by atoms with Crippen molar-refractivity contribution in [1.29, 1.82) is 0 Å². The molecule has 10 amide bonds. The molecule has 0 spiro atoms. The van der Waals surface area contributed by atoms with Gasteiger partial charge in [0.25, 0.3) is 17.7 Å². The van der Waals surface area contributed by atoms with E-state index in [0.29, 0.717) is 70.5 Å². The number of primary amides is 1. The van der Waals surface area contributed by atoms with Crippen molar-refractivity contribution in [1.82, 2.24) is 40.5 Å². The molecule has 7 rings (SSSR count). The Kier molecular flexibility index (Phi) is 25.1. The number of thioether (sulfide) groups is 1. The molecule has 0 aliphatic carbocycles. The Morgan fingerprint density at radius 2 is 1.46 bits per heavy atom. The highest BCUT2D eigenvalue weighted by Crippen LogP contribution is 2.37. The fourth-order valence-electron chi connectivity index (χ4n) is 9.22. The van der Waals surface area contributed by atoms with Gasteiger partial charge in [0.1, 0.15) is 23.7 Å². The number of benzene rings is 3. The smallest absolute Gasteiger partial charge is 0.410 e. The number of imide groups is 1. The Morgan fingerprint density at radius 1 is 0.800 bits per heavy atom. The first-order valence-electron chi connectivity index (χ1n) is 29.3. The quantitative estimate of drug-likeness (QED) is 0.0102. The van der Waals surface area contributed by atoms with Crippen molar-refractivity contribution in [2.75, 3.05) is 67.3 Å².